The lowest BCUT2D eigenvalue weighted by molar-refractivity contribution is 0.643. The van der Waals surface area contributed by atoms with E-state index < -0.39 is 0 Å². The Bertz CT molecular complexity index is 461. The molecule has 1 fully saturated rings. The largest absolute Gasteiger partial charge is 0.361 e. The van der Waals surface area contributed by atoms with Crippen molar-refractivity contribution in [3.63, 3.8) is 0 Å². The van der Waals surface area contributed by atoms with Gasteiger partial charge >= 0.3 is 0 Å². The topological polar surface area (TPSA) is 24.4 Å². The van der Waals surface area contributed by atoms with Gasteiger partial charge in [-0.1, -0.05) is 55.4 Å². The zero-order valence-electron chi connectivity index (χ0n) is 11.9. The fourth-order valence-electron chi connectivity index (χ4n) is 2.96. The first-order chi connectivity index (χ1) is 9.86. The normalized spacial score (nSPS) is 29.4. The van der Waals surface area contributed by atoms with Crippen LogP contribution in [0.1, 0.15) is 37.8 Å². The first-order valence-corrected chi connectivity index (χ1v) is 9.54. The summed E-state index contributed by atoms with van der Waals surface area (Å²) in [5.41, 5.74) is 1.34. The summed E-state index contributed by atoms with van der Waals surface area (Å²) in [6, 6.07) is 11.6. The summed E-state index contributed by atoms with van der Waals surface area (Å²) < 4.78 is 0. The quantitative estimate of drug-likeness (QED) is 0.906. The van der Waals surface area contributed by atoms with Gasteiger partial charge in [0.15, 0.2) is 5.17 Å². The standard InChI is InChI=1S/C16H22N2S2/c1-2-19-15-10-6-9-13(15)17-16-18-14(11-20-16)12-7-4-3-5-8-12/h3-5,7-8,13-15H,2,6,9-11H2,1H3,(H,17,18). The predicted octanol–water partition coefficient (Wildman–Crippen LogP) is 4.09. The highest BCUT2D eigenvalue weighted by molar-refractivity contribution is 8.14. The average Bonchev–Trinajstić information content (AvgIpc) is 3.11. The van der Waals surface area contributed by atoms with Crippen LogP contribution in [-0.4, -0.2) is 28.0 Å². The molecule has 1 aromatic carbocycles. The van der Waals surface area contributed by atoms with E-state index in [-0.39, 0.29) is 0 Å². The van der Waals surface area contributed by atoms with Crippen LogP contribution in [0.5, 0.6) is 0 Å². The van der Waals surface area contributed by atoms with Crippen molar-refractivity contribution >= 4 is 28.7 Å². The minimum Gasteiger partial charge on any atom is -0.361 e. The highest BCUT2D eigenvalue weighted by Crippen LogP contribution is 2.33. The molecule has 0 bridgehead atoms. The molecule has 1 heterocycles. The Hall–Kier alpha value is -0.610. The number of thioether (sulfide) groups is 2. The molecule has 1 aliphatic heterocycles. The lowest BCUT2D eigenvalue weighted by atomic mass is 10.1. The van der Waals surface area contributed by atoms with Gasteiger partial charge in [-0.3, -0.25) is 4.99 Å². The minimum absolute atomic E-state index is 0.336. The van der Waals surface area contributed by atoms with E-state index in [9.17, 15) is 0 Å². The summed E-state index contributed by atoms with van der Waals surface area (Å²) in [7, 11) is 0. The summed E-state index contributed by atoms with van der Waals surface area (Å²) in [4.78, 5) is 4.88. The molecule has 20 heavy (non-hydrogen) atoms. The molecule has 1 aliphatic carbocycles. The maximum atomic E-state index is 4.88. The highest BCUT2D eigenvalue weighted by atomic mass is 32.2. The number of benzene rings is 1. The Kier molecular flexibility index (Phi) is 4.94. The molecule has 0 radical (unpaired) electrons. The molecule has 0 saturated heterocycles. The van der Waals surface area contributed by atoms with Crippen LogP contribution >= 0.6 is 23.5 Å². The van der Waals surface area contributed by atoms with Gasteiger partial charge in [-0.2, -0.15) is 11.8 Å². The fraction of sp³-hybridized carbons (Fsp3) is 0.562. The van der Waals surface area contributed by atoms with E-state index >= 15 is 0 Å². The molecular weight excluding hydrogens is 284 g/mol. The van der Waals surface area contributed by atoms with Crippen molar-refractivity contribution in [2.24, 2.45) is 4.99 Å². The summed E-state index contributed by atoms with van der Waals surface area (Å²) in [5.74, 6) is 2.29. The molecule has 0 aromatic heterocycles. The Morgan fingerprint density at radius 3 is 2.95 bits per heavy atom. The fourth-order valence-corrected chi connectivity index (χ4v) is 5.18. The van der Waals surface area contributed by atoms with Gasteiger partial charge in [-0.15, -0.1) is 0 Å². The summed E-state index contributed by atoms with van der Waals surface area (Å²) in [6.45, 7) is 2.26. The van der Waals surface area contributed by atoms with Crippen LogP contribution in [0, 0.1) is 0 Å². The molecule has 4 heteroatoms. The maximum Gasteiger partial charge on any atom is 0.157 e. The van der Waals surface area contributed by atoms with E-state index in [4.69, 9.17) is 4.99 Å². The Balaban J connectivity index is 1.61. The summed E-state index contributed by atoms with van der Waals surface area (Å²) in [5, 5.41) is 5.64. The van der Waals surface area contributed by atoms with Crippen LogP contribution in [0.15, 0.2) is 35.3 Å². The number of amidine groups is 1. The van der Waals surface area contributed by atoms with Crippen molar-refractivity contribution in [3.8, 4) is 0 Å². The van der Waals surface area contributed by atoms with Crippen molar-refractivity contribution in [3.05, 3.63) is 35.9 Å². The average molecular weight is 307 g/mol. The van der Waals surface area contributed by atoms with Gasteiger partial charge in [-0.05, 0) is 24.2 Å². The van der Waals surface area contributed by atoms with E-state index in [1.807, 2.05) is 11.8 Å². The van der Waals surface area contributed by atoms with E-state index in [2.05, 4.69) is 54.3 Å². The molecule has 108 valence electrons. The second-order valence-electron chi connectivity index (χ2n) is 5.35. The third-order valence-electron chi connectivity index (χ3n) is 3.98. The Labute approximate surface area is 130 Å². The van der Waals surface area contributed by atoms with Gasteiger partial charge in [0.2, 0.25) is 0 Å². The summed E-state index contributed by atoms with van der Waals surface area (Å²) >= 11 is 3.98. The number of hydrogen-bond donors (Lipinski definition) is 1. The lowest BCUT2D eigenvalue weighted by Crippen LogP contribution is -2.36. The third kappa shape index (κ3) is 3.34. The number of nitrogens with one attached hydrogen (secondary N) is 1. The van der Waals surface area contributed by atoms with Crippen LogP contribution in [0.3, 0.4) is 0 Å². The molecule has 0 spiro atoms. The van der Waals surface area contributed by atoms with E-state index in [1.165, 1.54) is 30.6 Å². The lowest BCUT2D eigenvalue weighted by Gasteiger charge is -2.20. The van der Waals surface area contributed by atoms with Gasteiger partial charge in [-0.25, -0.2) is 0 Å². The van der Waals surface area contributed by atoms with Gasteiger partial charge in [0.1, 0.15) is 0 Å². The number of nitrogens with zero attached hydrogens (tertiary/aromatic N) is 1. The number of hydrogen-bond acceptors (Lipinski definition) is 4. The van der Waals surface area contributed by atoms with Gasteiger partial charge in [0.25, 0.3) is 0 Å². The predicted molar refractivity (Wildman–Crippen MR) is 91.8 cm³/mol. The minimum atomic E-state index is 0.336. The van der Waals surface area contributed by atoms with Crippen molar-refractivity contribution < 1.29 is 0 Å². The maximum absolute atomic E-state index is 4.88. The van der Waals surface area contributed by atoms with Gasteiger partial charge in [0.05, 0.1) is 6.04 Å². The van der Waals surface area contributed by atoms with Crippen molar-refractivity contribution in [2.75, 3.05) is 11.5 Å². The van der Waals surface area contributed by atoms with Crippen molar-refractivity contribution in [2.45, 2.75) is 43.5 Å². The molecule has 3 atom stereocenters. The van der Waals surface area contributed by atoms with E-state index in [0.29, 0.717) is 12.1 Å². The Morgan fingerprint density at radius 1 is 1.30 bits per heavy atom. The number of aliphatic imine (C=N–C) groups is 1. The monoisotopic (exact) mass is 306 g/mol. The van der Waals surface area contributed by atoms with Crippen molar-refractivity contribution in [1.82, 2.24) is 5.32 Å². The highest BCUT2D eigenvalue weighted by Gasteiger charge is 2.29. The molecule has 2 aliphatic rings. The SMILES string of the molecule is CCSC1CCCC1NC1=NC(c2ccccc2)CS1. The number of rotatable bonds is 4. The zero-order chi connectivity index (χ0) is 13.8. The molecule has 1 aromatic rings. The first-order valence-electron chi connectivity index (χ1n) is 7.50. The van der Waals surface area contributed by atoms with Crippen LogP contribution < -0.4 is 5.32 Å². The summed E-state index contributed by atoms with van der Waals surface area (Å²) in [6.07, 6.45) is 4.01. The molecular formula is C16H22N2S2. The van der Waals surface area contributed by atoms with Gasteiger partial charge in [0, 0.05) is 17.0 Å². The zero-order valence-corrected chi connectivity index (χ0v) is 13.6. The molecule has 0 amide bonds. The van der Waals surface area contributed by atoms with Crippen molar-refractivity contribution in [1.29, 1.82) is 0 Å². The second-order valence-corrected chi connectivity index (χ2v) is 7.87. The Morgan fingerprint density at radius 2 is 2.15 bits per heavy atom. The molecule has 3 rings (SSSR count). The van der Waals surface area contributed by atoms with Crippen LogP contribution in [0.2, 0.25) is 0 Å². The molecule has 1 saturated carbocycles. The van der Waals surface area contributed by atoms with Gasteiger partial charge < -0.3 is 5.32 Å². The van der Waals surface area contributed by atoms with Crippen LogP contribution in [0.4, 0.5) is 0 Å². The molecule has 2 nitrogen and oxygen atoms in total. The second kappa shape index (κ2) is 6.90. The molecule has 3 unspecified atom stereocenters. The van der Waals surface area contributed by atoms with E-state index in [1.54, 1.807) is 0 Å². The third-order valence-corrected chi connectivity index (χ3v) is 6.28. The van der Waals surface area contributed by atoms with Crippen LogP contribution in [0.25, 0.3) is 0 Å². The smallest absolute Gasteiger partial charge is 0.157 e. The molecule has 1 N–H and O–H groups in total. The first kappa shape index (κ1) is 14.3. The van der Waals surface area contributed by atoms with E-state index in [0.717, 1.165) is 16.2 Å². The van der Waals surface area contributed by atoms with Crippen LogP contribution in [-0.2, 0) is 0 Å².